The van der Waals surface area contributed by atoms with Gasteiger partial charge in [0.1, 0.15) is 5.75 Å². The van der Waals surface area contributed by atoms with Gasteiger partial charge < -0.3 is 14.5 Å². The lowest BCUT2D eigenvalue weighted by molar-refractivity contribution is -0.384. The number of ether oxygens (including phenoxy) is 1. The number of benzene rings is 1. The number of nitrogens with zero attached hydrogens (tertiary/aromatic N) is 3. The summed E-state index contributed by atoms with van der Waals surface area (Å²) in [5, 5.41) is 10.8. The van der Waals surface area contributed by atoms with E-state index in [1.807, 2.05) is 0 Å². The molecule has 0 saturated carbocycles. The molecule has 1 saturated heterocycles. The van der Waals surface area contributed by atoms with Crippen LogP contribution >= 0.6 is 0 Å². The predicted molar refractivity (Wildman–Crippen MR) is 81.9 cm³/mol. The van der Waals surface area contributed by atoms with E-state index in [2.05, 4.69) is 16.8 Å². The van der Waals surface area contributed by atoms with Crippen LogP contribution in [0.15, 0.2) is 18.2 Å². The first-order chi connectivity index (χ1) is 10.1. The minimum absolute atomic E-state index is 0.0784. The number of nitro benzene ring substituents is 1. The molecule has 0 radical (unpaired) electrons. The van der Waals surface area contributed by atoms with Gasteiger partial charge in [-0.3, -0.25) is 10.1 Å². The van der Waals surface area contributed by atoms with E-state index in [0.29, 0.717) is 5.75 Å². The number of aryl methyl sites for hydroxylation is 1. The molecular weight excluding hydrogens is 270 g/mol. The molecule has 1 aromatic rings. The normalized spacial score (nSPS) is 16.9. The van der Waals surface area contributed by atoms with Crippen molar-refractivity contribution in [2.45, 2.75) is 12.8 Å². The van der Waals surface area contributed by atoms with Crippen molar-refractivity contribution in [1.82, 2.24) is 9.80 Å². The molecule has 0 aliphatic carbocycles. The third-order valence-corrected chi connectivity index (χ3v) is 4.00. The second-order valence-corrected chi connectivity index (χ2v) is 5.50. The van der Waals surface area contributed by atoms with Crippen LogP contribution in [0.2, 0.25) is 0 Å². The van der Waals surface area contributed by atoms with Gasteiger partial charge in [-0.05, 0) is 38.1 Å². The second kappa shape index (κ2) is 7.38. The third-order valence-electron chi connectivity index (χ3n) is 4.00. The van der Waals surface area contributed by atoms with Crippen molar-refractivity contribution in [1.29, 1.82) is 0 Å². The van der Waals surface area contributed by atoms with Gasteiger partial charge in [-0.15, -0.1) is 0 Å². The topological polar surface area (TPSA) is 58.9 Å². The smallest absolute Gasteiger partial charge is 0.273 e. The minimum Gasteiger partial charge on any atom is -0.496 e. The Morgan fingerprint density at radius 3 is 2.62 bits per heavy atom. The van der Waals surface area contributed by atoms with Crippen molar-refractivity contribution in [3.05, 3.63) is 33.9 Å². The monoisotopic (exact) mass is 293 g/mol. The number of piperazine rings is 1. The Kier molecular flexibility index (Phi) is 5.52. The highest BCUT2D eigenvalue weighted by Crippen LogP contribution is 2.25. The molecular formula is C15H23N3O3. The highest BCUT2D eigenvalue weighted by molar-refractivity contribution is 5.44. The summed E-state index contributed by atoms with van der Waals surface area (Å²) >= 11 is 0. The SMILES string of the molecule is COc1cc([N+](=O)[O-])ccc1CCCN1CCN(C)CC1. The Hall–Kier alpha value is -1.66. The van der Waals surface area contributed by atoms with Gasteiger partial charge in [0.2, 0.25) is 0 Å². The van der Waals surface area contributed by atoms with Crippen LogP contribution in [0.3, 0.4) is 0 Å². The van der Waals surface area contributed by atoms with Crippen molar-refractivity contribution in [2.24, 2.45) is 0 Å². The summed E-state index contributed by atoms with van der Waals surface area (Å²) < 4.78 is 5.27. The molecule has 0 spiro atoms. The molecule has 1 aromatic carbocycles. The molecule has 116 valence electrons. The summed E-state index contributed by atoms with van der Waals surface area (Å²) in [6.45, 7) is 5.55. The van der Waals surface area contributed by atoms with Crippen LogP contribution in [0, 0.1) is 10.1 Å². The van der Waals surface area contributed by atoms with Gasteiger partial charge >= 0.3 is 0 Å². The van der Waals surface area contributed by atoms with Crippen LogP contribution in [0.5, 0.6) is 5.75 Å². The van der Waals surface area contributed by atoms with Crippen molar-refractivity contribution in [3.8, 4) is 5.75 Å². The number of hydrogen-bond acceptors (Lipinski definition) is 5. The van der Waals surface area contributed by atoms with Gasteiger partial charge in [0.05, 0.1) is 18.1 Å². The van der Waals surface area contributed by atoms with E-state index >= 15 is 0 Å². The number of non-ortho nitro benzene ring substituents is 1. The Bertz CT molecular complexity index is 485. The Morgan fingerprint density at radius 2 is 2.00 bits per heavy atom. The van der Waals surface area contributed by atoms with E-state index in [-0.39, 0.29) is 5.69 Å². The molecule has 0 amide bonds. The van der Waals surface area contributed by atoms with Crippen LogP contribution in [0.4, 0.5) is 5.69 Å². The lowest BCUT2D eigenvalue weighted by Crippen LogP contribution is -2.44. The van der Waals surface area contributed by atoms with Gasteiger partial charge in [-0.2, -0.15) is 0 Å². The van der Waals surface area contributed by atoms with E-state index in [4.69, 9.17) is 4.74 Å². The molecule has 1 aliphatic rings. The number of nitro groups is 1. The summed E-state index contributed by atoms with van der Waals surface area (Å²) in [5.74, 6) is 0.613. The van der Waals surface area contributed by atoms with Crippen LogP contribution in [-0.2, 0) is 6.42 Å². The molecule has 21 heavy (non-hydrogen) atoms. The predicted octanol–water partition coefficient (Wildman–Crippen LogP) is 1.78. The van der Waals surface area contributed by atoms with E-state index in [1.165, 1.54) is 6.07 Å². The van der Waals surface area contributed by atoms with Gasteiger partial charge in [0, 0.05) is 32.2 Å². The van der Waals surface area contributed by atoms with Gasteiger partial charge in [-0.1, -0.05) is 0 Å². The fourth-order valence-corrected chi connectivity index (χ4v) is 2.62. The number of hydrogen-bond donors (Lipinski definition) is 0. The molecule has 0 unspecified atom stereocenters. The molecule has 0 N–H and O–H groups in total. The van der Waals surface area contributed by atoms with E-state index < -0.39 is 4.92 Å². The highest BCUT2D eigenvalue weighted by Gasteiger charge is 2.14. The maximum Gasteiger partial charge on any atom is 0.273 e. The number of rotatable bonds is 6. The Labute approximate surface area is 125 Å². The van der Waals surface area contributed by atoms with Crippen LogP contribution < -0.4 is 4.74 Å². The second-order valence-electron chi connectivity index (χ2n) is 5.50. The molecule has 6 heteroatoms. The summed E-state index contributed by atoms with van der Waals surface area (Å²) in [6.07, 6.45) is 1.92. The largest absolute Gasteiger partial charge is 0.496 e. The number of methoxy groups -OCH3 is 1. The van der Waals surface area contributed by atoms with Crippen molar-refractivity contribution < 1.29 is 9.66 Å². The fourth-order valence-electron chi connectivity index (χ4n) is 2.62. The molecule has 0 atom stereocenters. The third kappa shape index (κ3) is 4.41. The van der Waals surface area contributed by atoms with Crippen molar-refractivity contribution in [2.75, 3.05) is 46.9 Å². The average molecular weight is 293 g/mol. The van der Waals surface area contributed by atoms with Crippen LogP contribution in [0.25, 0.3) is 0 Å². The Balaban J connectivity index is 1.86. The van der Waals surface area contributed by atoms with Gasteiger partial charge in [0.25, 0.3) is 5.69 Å². The van der Waals surface area contributed by atoms with Gasteiger partial charge in [0.15, 0.2) is 0 Å². The molecule has 0 bridgehead atoms. The first-order valence-electron chi connectivity index (χ1n) is 7.32. The maximum atomic E-state index is 10.8. The Morgan fingerprint density at radius 1 is 1.29 bits per heavy atom. The highest BCUT2D eigenvalue weighted by atomic mass is 16.6. The molecule has 1 fully saturated rings. The fraction of sp³-hybridized carbons (Fsp3) is 0.600. The standard InChI is InChI=1S/C15H23N3O3/c1-16-8-10-17(11-9-16)7-3-4-13-5-6-14(18(19)20)12-15(13)21-2/h5-6,12H,3-4,7-11H2,1-2H3. The van der Waals surface area contributed by atoms with Crippen LogP contribution in [-0.4, -0.2) is 61.6 Å². The molecule has 0 aromatic heterocycles. The minimum atomic E-state index is -0.392. The van der Waals surface area contributed by atoms with Crippen LogP contribution in [0.1, 0.15) is 12.0 Å². The first kappa shape index (κ1) is 15.7. The molecule has 1 aliphatic heterocycles. The van der Waals surface area contributed by atoms with E-state index in [0.717, 1.165) is 51.1 Å². The summed E-state index contributed by atoms with van der Waals surface area (Å²) in [4.78, 5) is 15.2. The first-order valence-corrected chi connectivity index (χ1v) is 7.32. The zero-order chi connectivity index (χ0) is 15.2. The molecule has 2 rings (SSSR count). The van der Waals surface area contributed by atoms with Crippen molar-refractivity contribution in [3.63, 3.8) is 0 Å². The quantitative estimate of drug-likeness (QED) is 0.591. The summed E-state index contributed by atoms with van der Waals surface area (Å²) in [7, 11) is 3.71. The summed E-state index contributed by atoms with van der Waals surface area (Å²) in [5.41, 5.74) is 1.12. The van der Waals surface area contributed by atoms with Gasteiger partial charge in [-0.25, -0.2) is 0 Å². The zero-order valence-electron chi connectivity index (χ0n) is 12.7. The average Bonchev–Trinajstić information content (AvgIpc) is 2.49. The van der Waals surface area contributed by atoms with E-state index in [1.54, 1.807) is 19.2 Å². The number of likely N-dealkylation sites (N-methyl/N-ethyl adjacent to an activating group) is 1. The van der Waals surface area contributed by atoms with E-state index in [9.17, 15) is 10.1 Å². The molecule has 6 nitrogen and oxygen atoms in total. The summed E-state index contributed by atoms with van der Waals surface area (Å²) in [6, 6.07) is 4.86. The lowest BCUT2D eigenvalue weighted by Gasteiger charge is -2.32. The maximum absolute atomic E-state index is 10.8. The zero-order valence-corrected chi connectivity index (χ0v) is 12.7. The van der Waals surface area contributed by atoms with Crippen molar-refractivity contribution >= 4 is 5.69 Å². The molecule has 1 heterocycles. The lowest BCUT2D eigenvalue weighted by atomic mass is 10.1.